The van der Waals surface area contributed by atoms with Gasteiger partial charge in [-0.1, -0.05) is 30.3 Å². The lowest BCUT2D eigenvalue weighted by Gasteiger charge is -2.09. The van der Waals surface area contributed by atoms with Crippen molar-refractivity contribution in [1.82, 2.24) is 4.98 Å². The minimum atomic E-state index is -0.330. The quantitative estimate of drug-likeness (QED) is 0.564. The second-order valence-corrected chi connectivity index (χ2v) is 6.42. The standard InChI is InChI=1S/C22H23NO4/c1-15-9-10-16(2)20(13-15)25-12-11-21(24)26-14-19-17(3)27-22(23-19)18-7-5-4-6-8-18/h4-10,13H,11-12,14H2,1-3H3. The molecule has 0 aliphatic heterocycles. The number of oxazole rings is 1. The summed E-state index contributed by atoms with van der Waals surface area (Å²) in [7, 11) is 0. The fraction of sp³-hybridized carbons (Fsp3) is 0.273. The van der Waals surface area contributed by atoms with Gasteiger partial charge in [0.15, 0.2) is 0 Å². The van der Waals surface area contributed by atoms with E-state index >= 15 is 0 Å². The van der Waals surface area contributed by atoms with Crippen LogP contribution in [0, 0.1) is 20.8 Å². The molecule has 0 aliphatic carbocycles. The molecule has 3 aromatic rings. The minimum absolute atomic E-state index is 0.0878. The topological polar surface area (TPSA) is 61.6 Å². The summed E-state index contributed by atoms with van der Waals surface area (Å²) in [6.07, 6.45) is 0.176. The number of hydrogen-bond acceptors (Lipinski definition) is 5. The number of rotatable bonds is 7. The van der Waals surface area contributed by atoms with Crippen molar-refractivity contribution in [3.8, 4) is 17.2 Å². The third-order valence-electron chi connectivity index (χ3n) is 4.19. The molecule has 0 saturated heterocycles. The molecule has 0 bridgehead atoms. The molecule has 27 heavy (non-hydrogen) atoms. The van der Waals surface area contributed by atoms with Gasteiger partial charge in [0, 0.05) is 5.56 Å². The smallest absolute Gasteiger partial charge is 0.309 e. The van der Waals surface area contributed by atoms with Crippen molar-refractivity contribution in [2.45, 2.75) is 33.8 Å². The molecule has 0 fully saturated rings. The van der Waals surface area contributed by atoms with Gasteiger partial charge in [-0.15, -0.1) is 0 Å². The first-order valence-corrected chi connectivity index (χ1v) is 8.90. The van der Waals surface area contributed by atoms with Crippen LogP contribution >= 0.6 is 0 Å². The van der Waals surface area contributed by atoms with E-state index in [2.05, 4.69) is 4.98 Å². The highest BCUT2D eigenvalue weighted by Gasteiger charge is 2.13. The summed E-state index contributed by atoms with van der Waals surface area (Å²) in [4.78, 5) is 16.4. The molecule has 0 saturated carbocycles. The normalized spacial score (nSPS) is 10.6. The van der Waals surface area contributed by atoms with Gasteiger partial charge in [0.1, 0.15) is 23.8 Å². The second kappa shape index (κ2) is 8.54. The van der Waals surface area contributed by atoms with Crippen LogP contribution in [0.25, 0.3) is 11.5 Å². The fourth-order valence-corrected chi connectivity index (χ4v) is 2.59. The predicted molar refractivity (Wildman–Crippen MR) is 103 cm³/mol. The zero-order valence-corrected chi connectivity index (χ0v) is 15.8. The summed E-state index contributed by atoms with van der Waals surface area (Å²) in [5, 5.41) is 0. The van der Waals surface area contributed by atoms with Crippen LogP contribution in [-0.2, 0) is 16.1 Å². The van der Waals surface area contributed by atoms with E-state index in [-0.39, 0.29) is 25.6 Å². The number of hydrogen-bond donors (Lipinski definition) is 0. The van der Waals surface area contributed by atoms with Crippen LogP contribution in [-0.4, -0.2) is 17.6 Å². The van der Waals surface area contributed by atoms with Crippen LogP contribution in [0.15, 0.2) is 52.9 Å². The molecular formula is C22H23NO4. The Labute approximate surface area is 159 Å². The van der Waals surface area contributed by atoms with Crippen LogP contribution < -0.4 is 4.74 Å². The van der Waals surface area contributed by atoms with E-state index < -0.39 is 0 Å². The Morgan fingerprint density at radius 2 is 1.85 bits per heavy atom. The maximum absolute atomic E-state index is 12.0. The van der Waals surface area contributed by atoms with Gasteiger partial charge in [0.25, 0.3) is 0 Å². The van der Waals surface area contributed by atoms with E-state index in [4.69, 9.17) is 13.9 Å². The molecule has 1 heterocycles. The number of benzene rings is 2. The molecule has 0 atom stereocenters. The summed E-state index contributed by atoms with van der Waals surface area (Å²) < 4.78 is 16.7. The zero-order chi connectivity index (χ0) is 19.2. The molecule has 3 rings (SSSR count). The van der Waals surface area contributed by atoms with E-state index in [9.17, 15) is 4.79 Å². The van der Waals surface area contributed by atoms with Crippen molar-refractivity contribution in [2.75, 3.05) is 6.61 Å². The van der Waals surface area contributed by atoms with E-state index in [0.717, 1.165) is 22.4 Å². The van der Waals surface area contributed by atoms with Crippen molar-refractivity contribution in [3.63, 3.8) is 0 Å². The first-order valence-electron chi connectivity index (χ1n) is 8.90. The molecule has 0 spiro atoms. The number of esters is 1. The lowest BCUT2D eigenvalue weighted by Crippen LogP contribution is -2.10. The summed E-state index contributed by atoms with van der Waals surface area (Å²) in [6, 6.07) is 15.6. The van der Waals surface area contributed by atoms with Gasteiger partial charge >= 0.3 is 5.97 Å². The lowest BCUT2D eigenvalue weighted by molar-refractivity contribution is -0.145. The summed E-state index contributed by atoms with van der Waals surface area (Å²) in [6.45, 7) is 6.15. The lowest BCUT2D eigenvalue weighted by atomic mass is 10.1. The number of aromatic nitrogens is 1. The minimum Gasteiger partial charge on any atom is -0.493 e. The Kier molecular flexibility index (Phi) is 5.91. The summed E-state index contributed by atoms with van der Waals surface area (Å²) in [5.41, 5.74) is 3.67. The molecule has 0 unspecified atom stereocenters. The first-order chi connectivity index (χ1) is 13.0. The highest BCUT2D eigenvalue weighted by Crippen LogP contribution is 2.22. The van der Waals surface area contributed by atoms with E-state index in [0.29, 0.717) is 17.3 Å². The summed E-state index contributed by atoms with van der Waals surface area (Å²) in [5.74, 6) is 1.64. The van der Waals surface area contributed by atoms with Crippen LogP contribution in [0.3, 0.4) is 0 Å². The maximum Gasteiger partial charge on any atom is 0.309 e. The van der Waals surface area contributed by atoms with Gasteiger partial charge in [-0.2, -0.15) is 0 Å². The van der Waals surface area contributed by atoms with E-state index in [1.165, 1.54) is 0 Å². The molecular weight excluding hydrogens is 342 g/mol. The van der Waals surface area contributed by atoms with Crippen molar-refractivity contribution < 1.29 is 18.7 Å². The largest absolute Gasteiger partial charge is 0.493 e. The average molecular weight is 365 g/mol. The molecule has 5 heteroatoms. The number of aryl methyl sites for hydroxylation is 3. The van der Waals surface area contributed by atoms with Gasteiger partial charge < -0.3 is 13.9 Å². The van der Waals surface area contributed by atoms with Gasteiger partial charge in [-0.25, -0.2) is 4.98 Å². The molecule has 0 radical (unpaired) electrons. The van der Waals surface area contributed by atoms with Crippen LogP contribution in [0.4, 0.5) is 0 Å². The monoisotopic (exact) mass is 365 g/mol. The predicted octanol–water partition coefficient (Wildman–Crippen LogP) is 4.78. The van der Waals surface area contributed by atoms with E-state index in [1.54, 1.807) is 0 Å². The molecule has 5 nitrogen and oxygen atoms in total. The molecule has 2 aromatic carbocycles. The summed E-state index contributed by atoms with van der Waals surface area (Å²) >= 11 is 0. The highest BCUT2D eigenvalue weighted by molar-refractivity contribution is 5.69. The zero-order valence-electron chi connectivity index (χ0n) is 15.8. The van der Waals surface area contributed by atoms with Crippen molar-refractivity contribution in [1.29, 1.82) is 0 Å². The van der Waals surface area contributed by atoms with E-state index in [1.807, 2.05) is 69.3 Å². The molecule has 0 amide bonds. The van der Waals surface area contributed by atoms with Crippen molar-refractivity contribution in [3.05, 3.63) is 71.1 Å². The second-order valence-electron chi connectivity index (χ2n) is 6.42. The van der Waals surface area contributed by atoms with Crippen molar-refractivity contribution in [2.24, 2.45) is 0 Å². The van der Waals surface area contributed by atoms with Gasteiger partial charge in [0.05, 0.1) is 13.0 Å². The van der Waals surface area contributed by atoms with Crippen LogP contribution in [0.1, 0.15) is 29.0 Å². The Morgan fingerprint density at radius 3 is 2.63 bits per heavy atom. The number of nitrogens with zero attached hydrogens (tertiary/aromatic N) is 1. The molecule has 140 valence electrons. The highest BCUT2D eigenvalue weighted by atomic mass is 16.5. The SMILES string of the molecule is Cc1ccc(C)c(OCCC(=O)OCc2nc(-c3ccccc3)oc2C)c1. The molecule has 0 N–H and O–H groups in total. The molecule has 0 aliphatic rings. The van der Waals surface area contributed by atoms with Gasteiger partial charge in [-0.3, -0.25) is 4.79 Å². The maximum atomic E-state index is 12.0. The molecule has 1 aromatic heterocycles. The average Bonchev–Trinajstić information content (AvgIpc) is 3.04. The van der Waals surface area contributed by atoms with Gasteiger partial charge in [-0.05, 0) is 50.1 Å². The number of ether oxygens (including phenoxy) is 2. The Morgan fingerprint density at radius 1 is 1.07 bits per heavy atom. The Balaban J connectivity index is 1.49. The number of carbonyl (C=O) groups excluding carboxylic acids is 1. The van der Waals surface area contributed by atoms with Crippen LogP contribution in [0.2, 0.25) is 0 Å². The van der Waals surface area contributed by atoms with Crippen LogP contribution in [0.5, 0.6) is 5.75 Å². The third-order valence-corrected chi connectivity index (χ3v) is 4.19. The fourth-order valence-electron chi connectivity index (χ4n) is 2.59. The van der Waals surface area contributed by atoms with Gasteiger partial charge in [0.2, 0.25) is 5.89 Å². The Hall–Kier alpha value is -3.08. The number of carbonyl (C=O) groups is 1. The third kappa shape index (κ3) is 4.97. The van der Waals surface area contributed by atoms with Crippen molar-refractivity contribution >= 4 is 5.97 Å². The Bertz CT molecular complexity index is 915. The first kappa shape index (κ1) is 18.7.